The smallest absolute Gasteiger partial charge is 0.242 e. The molecule has 0 aliphatic heterocycles. The Morgan fingerprint density at radius 2 is 2.53 bits per heavy atom. The van der Waals surface area contributed by atoms with Crippen molar-refractivity contribution in [2.45, 2.75) is 25.9 Å². The van der Waals surface area contributed by atoms with Gasteiger partial charge in [-0.1, -0.05) is 6.92 Å². The van der Waals surface area contributed by atoms with Gasteiger partial charge in [0.05, 0.1) is 12.6 Å². The highest BCUT2D eigenvalue weighted by atomic mass is 16.3. The van der Waals surface area contributed by atoms with E-state index in [1.54, 1.807) is 0 Å². The van der Waals surface area contributed by atoms with Gasteiger partial charge in [0.15, 0.2) is 0 Å². The summed E-state index contributed by atoms with van der Waals surface area (Å²) in [6, 6.07) is -0.210. The zero-order valence-electron chi connectivity index (χ0n) is 8.55. The van der Waals surface area contributed by atoms with Crippen LogP contribution >= 0.6 is 0 Å². The van der Waals surface area contributed by atoms with Gasteiger partial charge in [-0.25, -0.2) is 9.67 Å². The van der Waals surface area contributed by atoms with E-state index in [1.165, 1.54) is 11.0 Å². The maximum absolute atomic E-state index is 11.4. The number of aliphatic hydroxyl groups excluding tert-OH is 1. The summed E-state index contributed by atoms with van der Waals surface area (Å²) in [5, 5.41) is 15.3. The lowest BCUT2D eigenvalue weighted by Gasteiger charge is -2.13. The van der Waals surface area contributed by atoms with E-state index in [0.717, 1.165) is 0 Å². The molecule has 1 rings (SSSR count). The second-order valence-corrected chi connectivity index (χ2v) is 3.16. The molecule has 1 atom stereocenters. The maximum atomic E-state index is 11.4. The van der Waals surface area contributed by atoms with Gasteiger partial charge in [-0.05, 0) is 6.42 Å². The molecule has 7 heteroatoms. The van der Waals surface area contributed by atoms with E-state index in [1.807, 2.05) is 6.92 Å². The van der Waals surface area contributed by atoms with Crippen LogP contribution in [0.1, 0.15) is 13.3 Å². The number of rotatable bonds is 5. The van der Waals surface area contributed by atoms with Crippen molar-refractivity contribution >= 4 is 11.9 Å². The van der Waals surface area contributed by atoms with Crippen LogP contribution in [0.5, 0.6) is 0 Å². The highest BCUT2D eigenvalue weighted by molar-refractivity contribution is 5.75. The number of hydrogen-bond donors (Lipinski definition) is 3. The molecule has 4 N–H and O–H groups in total. The third-order valence-electron chi connectivity index (χ3n) is 1.94. The average molecular weight is 213 g/mol. The zero-order chi connectivity index (χ0) is 11.3. The number of anilines is 1. The molecule has 0 aromatic carbocycles. The van der Waals surface area contributed by atoms with Crippen molar-refractivity contribution in [3.8, 4) is 0 Å². The first-order chi connectivity index (χ1) is 7.15. The fraction of sp³-hybridized carbons (Fsp3) is 0.625. The van der Waals surface area contributed by atoms with Crippen LogP contribution in [-0.4, -0.2) is 38.4 Å². The van der Waals surface area contributed by atoms with Gasteiger partial charge in [-0.3, -0.25) is 4.79 Å². The molecule has 84 valence electrons. The van der Waals surface area contributed by atoms with Crippen molar-refractivity contribution < 1.29 is 9.90 Å². The minimum Gasteiger partial charge on any atom is -0.394 e. The van der Waals surface area contributed by atoms with E-state index >= 15 is 0 Å². The summed E-state index contributed by atoms with van der Waals surface area (Å²) in [4.78, 5) is 15.1. The molecule has 0 unspecified atom stereocenters. The van der Waals surface area contributed by atoms with Crippen molar-refractivity contribution in [1.82, 2.24) is 20.1 Å². The number of aromatic nitrogens is 3. The maximum Gasteiger partial charge on any atom is 0.242 e. The Balaban J connectivity index is 2.42. The van der Waals surface area contributed by atoms with Gasteiger partial charge in [-0.15, -0.1) is 5.10 Å². The number of nitrogens with two attached hydrogens (primary N) is 1. The largest absolute Gasteiger partial charge is 0.394 e. The van der Waals surface area contributed by atoms with Crippen molar-refractivity contribution in [2.24, 2.45) is 0 Å². The quantitative estimate of drug-likeness (QED) is 0.566. The number of carbonyl (C=O) groups excluding carboxylic acids is 1. The third-order valence-corrected chi connectivity index (χ3v) is 1.94. The first-order valence-corrected chi connectivity index (χ1v) is 4.70. The van der Waals surface area contributed by atoms with Crippen molar-refractivity contribution in [3.05, 3.63) is 6.33 Å². The van der Waals surface area contributed by atoms with E-state index in [2.05, 4.69) is 15.4 Å². The van der Waals surface area contributed by atoms with Gasteiger partial charge in [0.1, 0.15) is 12.9 Å². The second-order valence-electron chi connectivity index (χ2n) is 3.16. The Labute approximate surface area is 87.3 Å². The lowest BCUT2D eigenvalue weighted by molar-refractivity contribution is -0.122. The molecule has 0 saturated heterocycles. The van der Waals surface area contributed by atoms with E-state index in [0.29, 0.717) is 6.42 Å². The molecule has 0 fully saturated rings. The summed E-state index contributed by atoms with van der Waals surface area (Å²) < 4.78 is 1.34. The number of amides is 1. The summed E-state index contributed by atoms with van der Waals surface area (Å²) >= 11 is 0. The van der Waals surface area contributed by atoms with Crippen LogP contribution in [0.25, 0.3) is 0 Å². The van der Waals surface area contributed by atoms with E-state index in [4.69, 9.17) is 10.8 Å². The summed E-state index contributed by atoms with van der Waals surface area (Å²) in [5.74, 6) is -0.0854. The standard InChI is InChI=1S/C8H15N5O2/c1-2-6(4-14)11-7(15)3-13-5-10-8(9)12-13/h5-6,14H,2-4H2,1H3,(H2,9,12)(H,11,15)/t6-/m0/s1. The molecule has 15 heavy (non-hydrogen) atoms. The molecular weight excluding hydrogens is 198 g/mol. The van der Waals surface area contributed by atoms with Crippen molar-refractivity contribution in [1.29, 1.82) is 0 Å². The molecule has 1 aromatic rings. The number of hydrogen-bond acceptors (Lipinski definition) is 5. The van der Waals surface area contributed by atoms with E-state index in [-0.39, 0.29) is 31.0 Å². The summed E-state index contributed by atoms with van der Waals surface area (Å²) in [6.45, 7) is 1.87. The SMILES string of the molecule is CC[C@@H](CO)NC(=O)Cn1cnc(N)n1. The second kappa shape index (κ2) is 5.30. The van der Waals surface area contributed by atoms with Crippen LogP contribution in [0, 0.1) is 0 Å². The lowest BCUT2D eigenvalue weighted by atomic mass is 10.2. The van der Waals surface area contributed by atoms with Crippen molar-refractivity contribution in [3.63, 3.8) is 0 Å². The van der Waals surface area contributed by atoms with E-state index < -0.39 is 0 Å². The van der Waals surface area contributed by atoms with Crippen LogP contribution in [0.15, 0.2) is 6.33 Å². The van der Waals surface area contributed by atoms with E-state index in [9.17, 15) is 4.79 Å². The monoisotopic (exact) mass is 213 g/mol. The highest BCUT2D eigenvalue weighted by Crippen LogP contribution is 1.92. The Hall–Kier alpha value is -1.63. The Kier molecular flexibility index (Phi) is 4.04. The molecule has 1 aromatic heterocycles. The molecule has 1 heterocycles. The van der Waals surface area contributed by atoms with Gasteiger partial charge in [0.25, 0.3) is 0 Å². The molecule has 1 amide bonds. The first kappa shape index (κ1) is 11.4. The molecule has 0 spiro atoms. The highest BCUT2D eigenvalue weighted by Gasteiger charge is 2.10. The fourth-order valence-electron chi connectivity index (χ4n) is 1.08. The number of nitrogens with zero attached hydrogens (tertiary/aromatic N) is 3. The van der Waals surface area contributed by atoms with Crippen LogP contribution in [0.3, 0.4) is 0 Å². The van der Waals surface area contributed by atoms with Crippen LogP contribution < -0.4 is 11.1 Å². The van der Waals surface area contributed by atoms with Gasteiger partial charge >= 0.3 is 0 Å². The number of nitrogens with one attached hydrogen (secondary N) is 1. The third kappa shape index (κ3) is 3.55. The van der Waals surface area contributed by atoms with Crippen LogP contribution in [0.4, 0.5) is 5.95 Å². The van der Waals surface area contributed by atoms with Gasteiger partial charge in [0, 0.05) is 0 Å². The topological polar surface area (TPSA) is 106 Å². The Morgan fingerprint density at radius 1 is 1.80 bits per heavy atom. The molecular formula is C8H15N5O2. The average Bonchev–Trinajstić information content (AvgIpc) is 2.60. The van der Waals surface area contributed by atoms with Crippen LogP contribution in [-0.2, 0) is 11.3 Å². The lowest BCUT2D eigenvalue weighted by Crippen LogP contribution is -2.38. The van der Waals surface area contributed by atoms with Crippen molar-refractivity contribution in [2.75, 3.05) is 12.3 Å². The Morgan fingerprint density at radius 3 is 3.00 bits per heavy atom. The minimum absolute atomic E-state index is 0.0562. The fourth-order valence-corrected chi connectivity index (χ4v) is 1.08. The number of aliphatic hydroxyl groups is 1. The molecule has 0 saturated carbocycles. The summed E-state index contributed by atoms with van der Waals surface area (Å²) in [6.07, 6.45) is 2.07. The first-order valence-electron chi connectivity index (χ1n) is 4.70. The zero-order valence-corrected chi connectivity index (χ0v) is 8.55. The molecule has 0 aliphatic carbocycles. The Bertz CT molecular complexity index is 321. The minimum atomic E-state index is -0.221. The number of nitrogen functional groups attached to an aromatic ring is 1. The summed E-state index contributed by atoms with van der Waals surface area (Å²) in [5.41, 5.74) is 5.29. The predicted molar refractivity (Wildman–Crippen MR) is 53.7 cm³/mol. The normalized spacial score (nSPS) is 12.4. The number of carbonyl (C=O) groups is 1. The van der Waals surface area contributed by atoms with Gasteiger partial charge < -0.3 is 16.2 Å². The predicted octanol–water partition coefficient (Wildman–Crippen LogP) is -1.25. The molecule has 0 bridgehead atoms. The van der Waals surface area contributed by atoms with Gasteiger partial charge in [-0.2, -0.15) is 0 Å². The molecule has 0 aliphatic rings. The summed E-state index contributed by atoms with van der Waals surface area (Å²) in [7, 11) is 0. The molecule has 0 radical (unpaired) electrons. The van der Waals surface area contributed by atoms with Gasteiger partial charge in [0.2, 0.25) is 11.9 Å². The molecule has 7 nitrogen and oxygen atoms in total. The van der Waals surface area contributed by atoms with Crippen LogP contribution in [0.2, 0.25) is 0 Å².